The second kappa shape index (κ2) is 7.84. The number of ether oxygens (including phenoxy) is 2. The molecule has 0 aliphatic rings. The van der Waals surface area contributed by atoms with E-state index in [-0.39, 0.29) is 5.78 Å². The van der Waals surface area contributed by atoms with Gasteiger partial charge in [0.15, 0.2) is 5.78 Å². The summed E-state index contributed by atoms with van der Waals surface area (Å²) >= 11 is 0. The maximum absolute atomic E-state index is 12.8. The minimum Gasteiger partial charge on any atom is -0.489 e. The molecule has 22 heavy (non-hydrogen) atoms. The molecule has 0 bridgehead atoms. The Morgan fingerprint density at radius 3 is 1.64 bits per heavy atom. The van der Waals surface area contributed by atoms with Crippen LogP contribution in [0.1, 0.15) is 15.9 Å². The van der Waals surface area contributed by atoms with E-state index >= 15 is 0 Å². The molecule has 3 nitrogen and oxygen atoms in total. The Kier molecular flexibility index (Phi) is 5.55. The van der Waals surface area contributed by atoms with Crippen LogP contribution in [0.2, 0.25) is 0 Å². The van der Waals surface area contributed by atoms with Gasteiger partial charge in [0.25, 0.3) is 0 Å². The standard InChI is InChI=1S/C19H18O3/c1-3-13-21-17-11-7-5-9-15(17)19(20)16-10-6-8-12-18(16)22-14-4-2/h3-12H,1-2,13-14H2. The minimum absolute atomic E-state index is 0.140. The van der Waals surface area contributed by atoms with Crippen LogP contribution >= 0.6 is 0 Å². The molecule has 0 spiro atoms. The molecule has 0 saturated heterocycles. The summed E-state index contributed by atoms with van der Waals surface area (Å²) in [5.74, 6) is 0.927. The monoisotopic (exact) mass is 294 g/mol. The molecule has 0 amide bonds. The fourth-order valence-electron chi connectivity index (χ4n) is 2.00. The number of carbonyl (C=O) groups excluding carboxylic acids is 1. The molecule has 0 unspecified atom stereocenters. The van der Waals surface area contributed by atoms with Crippen LogP contribution in [-0.2, 0) is 0 Å². The normalized spacial score (nSPS) is 9.82. The van der Waals surface area contributed by atoms with Gasteiger partial charge in [-0.1, -0.05) is 49.6 Å². The number of benzene rings is 2. The van der Waals surface area contributed by atoms with Gasteiger partial charge in [-0.05, 0) is 24.3 Å². The van der Waals surface area contributed by atoms with Crippen LogP contribution in [-0.4, -0.2) is 19.0 Å². The fourth-order valence-corrected chi connectivity index (χ4v) is 2.00. The number of rotatable bonds is 8. The van der Waals surface area contributed by atoms with Crippen molar-refractivity contribution in [3.05, 3.63) is 85.0 Å². The average Bonchev–Trinajstić information content (AvgIpc) is 2.58. The molecule has 0 aliphatic heterocycles. The topological polar surface area (TPSA) is 35.5 Å². The van der Waals surface area contributed by atoms with Crippen molar-refractivity contribution in [3.8, 4) is 11.5 Å². The van der Waals surface area contributed by atoms with E-state index in [2.05, 4.69) is 13.2 Å². The Hall–Kier alpha value is -2.81. The molecule has 112 valence electrons. The van der Waals surface area contributed by atoms with E-state index in [0.717, 1.165) is 0 Å². The van der Waals surface area contributed by atoms with Crippen molar-refractivity contribution in [1.82, 2.24) is 0 Å². The highest BCUT2D eigenvalue weighted by atomic mass is 16.5. The van der Waals surface area contributed by atoms with Gasteiger partial charge in [-0.2, -0.15) is 0 Å². The SMILES string of the molecule is C=CCOc1ccccc1C(=O)c1ccccc1OCC=C. The number of ketones is 1. The molecule has 2 rings (SSSR count). The van der Waals surface area contributed by atoms with Crippen LogP contribution in [0.15, 0.2) is 73.8 Å². The van der Waals surface area contributed by atoms with Crippen LogP contribution < -0.4 is 9.47 Å². The molecule has 0 fully saturated rings. The first kappa shape index (κ1) is 15.6. The Labute approximate surface area is 130 Å². The Balaban J connectivity index is 2.36. The molecular weight excluding hydrogens is 276 g/mol. The summed E-state index contributed by atoms with van der Waals surface area (Å²) in [4.78, 5) is 12.8. The lowest BCUT2D eigenvalue weighted by Gasteiger charge is -2.12. The van der Waals surface area contributed by atoms with Crippen LogP contribution in [0.25, 0.3) is 0 Å². The second-order valence-electron chi connectivity index (χ2n) is 4.52. The summed E-state index contributed by atoms with van der Waals surface area (Å²) in [5.41, 5.74) is 0.998. The van der Waals surface area contributed by atoms with Gasteiger partial charge in [-0.15, -0.1) is 0 Å². The van der Waals surface area contributed by atoms with Crippen molar-refractivity contribution in [2.75, 3.05) is 13.2 Å². The summed E-state index contributed by atoms with van der Waals surface area (Å²) in [6, 6.07) is 14.3. The van der Waals surface area contributed by atoms with Crippen molar-refractivity contribution in [2.45, 2.75) is 0 Å². The van der Waals surface area contributed by atoms with Crippen molar-refractivity contribution in [1.29, 1.82) is 0 Å². The van der Waals surface area contributed by atoms with Gasteiger partial charge < -0.3 is 9.47 Å². The lowest BCUT2D eigenvalue weighted by molar-refractivity contribution is 0.103. The van der Waals surface area contributed by atoms with Gasteiger partial charge in [-0.25, -0.2) is 0 Å². The van der Waals surface area contributed by atoms with Crippen molar-refractivity contribution in [3.63, 3.8) is 0 Å². The van der Waals surface area contributed by atoms with Crippen LogP contribution in [0, 0.1) is 0 Å². The number of hydrogen-bond donors (Lipinski definition) is 0. The molecule has 0 aliphatic carbocycles. The third-order valence-electron chi connectivity index (χ3n) is 2.98. The molecule has 2 aromatic carbocycles. The van der Waals surface area contributed by atoms with Gasteiger partial charge in [0.2, 0.25) is 0 Å². The highest BCUT2D eigenvalue weighted by molar-refractivity contribution is 6.12. The summed E-state index contributed by atoms with van der Waals surface area (Å²) in [6.07, 6.45) is 3.28. The first-order valence-electron chi connectivity index (χ1n) is 6.98. The van der Waals surface area contributed by atoms with Crippen LogP contribution in [0.3, 0.4) is 0 Å². The van der Waals surface area contributed by atoms with E-state index in [1.54, 1.807) is 48.6 Å². The number of carbonyl (C=O) groups is 1. The molecule has 3 heteroatoms. The van der Waals surface area contributed by atoms with Crippen molar-refractivity contribution in [2.24, 2.45) is 0 Å². The van der Waals surface area contributed by atoms with Gasteiger partial charge >= 0.3 is 0 Å². The van der Waals surface area contributed by atoms with E-state index in [1.165, 1.54) is 0 Å². The van der Waals surface area contributed by atoms with E-state index in [0.29, 0.717) is 35.8 Å². The zero-order valence-electron chi connectivity index (χ0n) is 12.3. The summed E-state index contributed by atoms with van der Waals surface area (Å²) in [6.45, 7) is 7.93. The third-order valence-corrected chi connectivity index (χ3v) is 2.98. The lowest BCUT2D eigenvalue weighted by Crippen LogP contribution is -2.08. The van der Waals surface area contributed by atoms with E-state index in [9.17, 15) is 4.79 Å². The zero-order valence-corrected chi connectivity index (χ0v) is 12.3. The molecule has 0 saturated carbocycles. The predicted molar refractivity (Wildman–Crippen MR) is 87.7 cm³/mol. The van der Waals surface area contributed by atoms with Gasteiger partial charge in [0, 0.05) is 0 Å². The highest BCUT2D eigenvalue weighted by Crippen LogP contribution is 2.26. The molecule has 2 aromatic rings. The summed E-state index contributed by atoms with van der Waals surface area (Å²) in [7, 11) is 0. The van der Waals surface area contributed by atoms with Crippen LogP contribution in [0.4, 0.5) is 0 Å². The molecule has 0 aromatic heterocycles. The number of para-hydroxylation sites is 2. The average molecular weight is 294 g/mol. The summed E-state index contributed by atoms with van der Waals surface area (Å²) in [5, 5.41) is 0. The molecule has 0 N–H and O–H groups in total. The maximum atomic E-state index is 12.8. The summed E-state index contributed by atoms with van der Waals surface area (Å²) < 4.78 is 11.1. The fraction of sp³-hybridized carbons (Fsp3) is 0.105. The van der Waals surface area contributed by atoms with Crippen molar-refractivity contribution < 1.29 is 14.3 Å². The Morgan fingerprint density at radius 2 is 1.23 bits per heavy atom. The van der Waals surface area contributed by atoms with Gasteiger partial charge in [0.1, 0.15) is 24.7 Å². The second-order valence-corrected chi connectivity index (χ2v) is 4.52. The van der Waals surface area contributed by atoms with E-state index in [1.807, 2.05) is 12.1 Å². The third kappa shape index (κ3) is 3.64. The minimum atomic E-state index is -0.140. The lowest BCUT2D eigenvalue weighted by atomic mass is 10.0. The first-order chi connectivity index (χ1) is 10.8. The Morgan fingerprint density at radius 1 is 0.818 bits per heavy atom. The van der Waals surface area contributed by atoms with E-state index < -0.39 is 0 Å². The Bertz CT molecular complexity index is 616. The molecular formula is C19H18O3. The van der Waals surface area contributed by atoms with E-state index in [4.69, 9.17) is 9.47 Å². The predicted octanol–water partition coefficient (Wildman–Crippen LogP) is 4.05. The quantitative estimate of drug-likeness (QED) is 0.544. The maximum Gasteiger partial charge on any atom is 0.200 e. The van der Waals surface area contributed by atoms with Gasteiger partial charge in [0.05, 0.1) is 11.1 Å². The first-order valence-corrected chi connectivity index (χ1v) is 6.98. The molecule has 0 atom stereocenters. The van der Waals surface area contributed by atoms with Crippen LogP contribution in [0.5, 0.6) is 11.5 Å². The molecule has 0 radical (unpaired) electrons. The zero-order chi connectivity index (χ0) is 15.8. The number of hydrogen-bond acceptors (Lipinski definition) is 3. The largest absolute Gasteiger partial charge is 0.489 e. The highest BCUT2D eigenvalue weighted by Gasteiger charge is 2.17. The van der Waals surface area contributed by atoms with Gasteiger partial charge in [-0.3, -0.25) is 4.79 Å². The molecule has 0 heterocycles. The smallest absolute Gasteiger partial charge is 0.200 e. The van der Waals surface area contributed by atoms with Crippen molar-refractivity contribution >= 4 is 5.78 Å².